The molecule has 0 bridgehead atoms. The number of aliphatic hydroxyl groups excluding tert-OH is 1. The Morgan fingerprint density at radius 3 is 2.05 bits per heavy atom. The van der Waals surface area contributed by atoms with Crippen LogP contribution in [0.25, 0.3) is 11.3 Å². The number of nitrogens with one attached hydrogen (secondary N) is 3. The lowest BCUT2D eigenvalue weighted by molar-refractivity contribution is -0.131. The lowest BCUT2D eigenvalue weighted by Gasteiger charge is -2.38. The van der Waals surface area contributed by atoms with Gasteiger partial charge in [-0.15, -0.1) is 0 Å². The number of methoxy groups -OCH3 is 1. The Morgan fingerprint density at radius 2 is 1.43 bits per heavy atom. The zero-order valence-corrected chi connectivity index (χ0v) is 36.3. The van der Waals surface area contributed by atoms with Crippen LogP contribution in [0.4, 0.5) is 9.59 Å². The molecule has 0 aliphatic carbocycles. The predicted molar refractivity (Wildman–Crippen MR) is 234 cm³/mol. The second-order valence-corrected chi connectivity index (χ2v) is 18.0. The number of hydrogen-bond donors (Lipinski definition) is 4. The highest BCUT2D eigenvalue weighted by Crippen LogP contribution is 2.30. The van der Waals surface area contributed by atoms with Gasteiger partial charge < -0.3 is 35.6 Å². The average molecular weight is 819 g/mol. The van der Waals surface area contributed by atoms with Crippen molar-refractivity contribution in [2.75, 3.05) is 20.2 Å². The third-order valence-electron chi connectivity index (χ3n) is 10.9. The highest BCUT2D eigenvalue weighted by atomic mass is 16.5. The number of carbonyl (C=O) groups excluding carboxylic acids is 4. The molecule has 5 atom stereocenters. The summed E-state index contributed by atoms with van der Waals surface area (Å²) in [6.07, 6.45) is 0.570. The molecule has 1 aliphatic rings. The van der Waals surface area contributed by atoms with Crippen molar-refractivity contribution in [2.24, 2.45) is 10.8 Å². The summed E-state index contributed by atoms with van der Waals surface area (Å²) < 4.78 is 4.84. The number of aliphatic hydroxyl groups is 1. The topological polar surface area (TPSA) is 153 Å². The normalized spacial score (nSPS) is 15.7. The molecule has 320 valence electrons. The number of aryl methyl sites for hydroxylation is 1. The Bertz CT molecular complexity index is 2050. The molecular weight excluding hydrogens is 757 g/mol. The SMILES string of the molecule is COC(=O)N[C@H](C(=O)N[C@@H](Cc1ccc(-c2ccccn2)cc1)C[C@H](O)[C@H](Cc1ccccc1)NC(=O)[C@@H](N1CCN(Cc2cccc(C)c2)C1=O)C(C)(C)C)C(C)(C)C. The Morgan fingerprint density at radius 1 is 0.767 bits per heavy atom. The number of benzene rings is 3. The fourth-order valence-corrected chi connectivity index (χ4v) is 7.85. The van der Waals surface area contributed by atoms with Crippen molar-refractivity contribution in [3.63, 3.8) is 0 Å². The van der Waals surface area contributed by atoms with Gasteiger partial charge in [0.05, 0.1) is 24.9 Å². The first-order valence-electron chi connectivity index (χ1n) is 20.7. The Kier molecular flexibility index (Phi) is 15.1. The zero-order valence-electron chi connectivity index (χ0n) is 36.3. The van der Waals surface area contributed by atoms with Gasteiger partial charge in [-0.3, -0.25) is 14.6 Å². The van der Waals surface area contributed by atoms with Crippen molar-refractivity contribution in [1.29, 1.82) is 0 Å². The van der Waals surface area contributed by atoms with Crippen molar-refractivity contribution in [3.8, 4) is 11.3 Å². The van der Waals surface area contributed by atoms with Gasteiger partial charge in [0.2, 0.25) is 11.8 Å². The minimum Gasteiger partial charge on any atom is -0.453 e. The summed E-state index contributed by atoms with van der Waals surface area (Å²) in [6.45, 7) is 14.7. The molecule has 5 rings (SSSR count). The van der Waals surface area contributed by atoms with Crippen LogP contribution < -0.4 is 16.0 Å². The summed E-state index contributed by atoms with van der Waals surface area (Å²) in [7, 11) is 1.24. The maximum atomic E-state index is 14.6. The highest BCUT2D eigenvalue weighted by molar-refractivity contribution is 5.89. The third kappa shape index (κ3) is 12.4. The maximum Gasteiger partial charge on any atom is 0.407 e. The second kappa shape index (κ2) is 20.0. The summed E-state index contributed by atoms with van der Waals surface area (Å²) in [5.74, 6) is -0.802. The van der Waals surface area contributed by atoms with E-state index < -0.39 is 53.1 Å². The first-order valence-corrected chi connectivity index (χ1v) is 20.7. The van der Waals surface area contributed by atoms with E-state index in [1.54, 1.807) is 16.0 Å². The minimum atomic E-state index is -1.14. The maximum absolute atomic E-state index is 14.6. The average Bonchev–Trinajstić information content (AvgIpc) is 3.54. The monoisotopic (exact) mass is 818 g/mol. The van der Waals surface area contributed by atoms with Crippen LogP contribution in [0.2, 0.25) is 0 Å². The van der Waals surface area contributed by atoms with E-state index in [1.165, 1.54) is 7.11 Å². The number of aromatic nitrogens is 1. The first-order chi connectivity index (χ1) is 28.4. The number of carbonyl (C=O) groups is 4. The fraction of sp³-hybridized carbons (Fsp3) is 0.438. The Hall–Kier alpha value is -5.75. The van der Waals surface area contributed by atoms with Crippen LogP contribution in [0.1, 0.15) is 70.2 Å². The smallest absolute Gasteiger partial charge is 0.407 e. The van der Waals surface area contributed by atoms with Crippen molar-refractivity contribution in [1.82, 2.24) is 30.7 Å². The summed E-state index contributed by atoms with van der Waals surface area (Å²) in [6, 6.07) is 27.8. The van der Waals surface area contributed by atoms with Crippen LogP contribution in [0.3, 0.4) is 0 Å². The molecule has 0 unspecified atom stereocenters. The van der Waals surface area contributed by atoms with Crippen LogP contribution in [-0.4, -0.2) is 94.3 Å². The molecule has 3 aromatic carbocycles. The predicted octanol–water partition coefficient (Wildman–Crippen LogP) is 6.69. The van der Waals surface area contributed by atoms with E-state index in [-0.39, 0.29) is 18.4 Å². The number of rotatable bonds is 16. The molecule has 4 N–H and O–H groups in total. The van der Waals surface area contributed by atoms with Crippen molar-refractivity contribution < 1.29 is 29.0 Å². The van der Waals surface area contributed by atoms with Gasteiger partial charge in [-0.25, -0.2) is 9.59 Å². The minimum absolute atomic E-state index is 0.0632. The Balaban J connectivity index is 1.42. The number of urea groups is 1. The molecule has 1 aromatic heterocycles. The molecule has 0 radical (unpaired) electrons. The standard InChI is InChI=1S/C48H62N6O6/c1-32-15-14-18-35(27-32)31-53-25-26-54(46(53)59)42(48(5,6)7)44(57)51-39(29-33-16-10-9-11-17-33)40(55)30-37(50-43(56)41(47(2,3)4)52-45(58)60-8)28-34-20-22-36(23-21-34)38-19-12-13-24-49-38/h9-24,27,37,39-42,55H,25-26,28-31H2,1-8H3,(H,50,56)(H,51,57)(H,52,58)/t37-,39-,40-,41+,42+/m0/s1. The molecular formula is C48H62N6O6. The number of hydrogen-bond acceptors (Lipinski definition) is 7. The van der Waals surface area contributed by atoms with Gasteiger partial charge in [0, 0.05) is 37.4 Å². The number of alkyl carbamates (subject to hydrolysis) is 1. The molecule has 12 heteroatoms. The first kappa shape index (κ1) is 45.3. The van der Waals surface area contributed by atoms with Gasteiger partial charge in [0.25, 0.3) is 0 Å². The largest absolute Gasteiger partial charge is 0.453 e. The van der Waals surface area contributed by atoms with E-state index in [0.29, 0.717) is 32.5 Å². The number of pyridine rings is 1. The van der Waals surface area contributed by atoms with Crippen LogP contribution in [0, 0.1) is 17.8 Å². The molecule has 1 saturated heterocycles. The van der Waals surface area contributed by atoms with Crippen LogP contribution in [-0.2, 0) is 33.7 Å². The lowest BCUT2D eigenvalue weighted by Crippen LogP contribution is -2.59. The molecule has 2 heterocycles. The highest BCUT2D eigenvalue weighted by Gasteiger charge is 2.44. The van der Waals surface area contributed by atoms with E-state index in [4.69, 9.17) is 4.74 Å². The zero-order chi connectivity index (χ0) is 43.6. The van der Waals surface area contributed by atoms with Gasteiger partial charge in [-0.05, 0) is 65.8 Å². The molecule has 5 amide bonds. The van der Waals surface area contributed by atoms with Gasteiger partial charge in [-0.1, -0.05) is 132 Å². The van der Waals surface area contributed by atoms with E-state index in [0.717, 1.165) is 33.5 Å². The quantitative estimate of drug-likeness (QED) is 0.0984. The number of nitrogens with zero attached hydrogens (tertiary/aromatic N) is 3. The van der Waals surface area contributed by atoms with Gasteiger partial charge in [0.1, 0.15) is 12.1 Å². The van der Waals surface area contributed by atoms with Gasteiger partial charge in [0.15, 0.2) is 0 Å². The van der Waals surface area contributed by atoms with Gasteiger partial charge >= 0.3 is 12.1 Å². The second-order valence-electron chi connectivity index (χ2n) is 18.0. The van der Waals surface area contributed by atoms with Crippen molar-refractivity contribution in [3.05, 3.63) is 126 Å². The van der Waals surface area contributed by atoms with Crippen LogP contribution >= 0.6 is 0 Å². The van der Waals surface area contributed by atoms with Crippen LogP contribution in [0.5, 0.6) is 0 Å². The molecule has 12 nitrogen and oxygen atoms in total. The van der Waals surface area contributed by atoms with E-state index in [9.17, 15) is 24.3 Å². The molecule has 0 saturated carbocycles. The van der Waals surface area contributed by atoms with E-state index >= 15 is 0 Å². The molecule has 0 spiro atoms. The Labute approximate surface area is 355 Å². The summed E-state index contributed by atoms with van der Waals surface area (Å²) in [5, 5.41) is 21.2. The molecule has 60 heavy (non-hydrogen) atoms. The van der Waals surface area contributed by atoms with Gasteiger partial charge in [-0.2, -0.15) is 0 Å². The third-order valence-corrected chi connectivity index (χ3v) is 10.9. The summed E-state index contributed by atoms with van der Waals surface area (Å²) in [5.41, 5.74) is 4.37. The summed E-state index contributed by atoms with van der Waals surface area (Å²) >= 11 is 0. The van der Waals surface area contributed by atoms with Crippen molar-refractivity contribution >= 4 is 23.9 Å². The van der Waals surface area contributed by atoms with E-state index in [2.05, 4.69) is 27.0 Å². The van der Waals surface area contributed by atoms with Crippen molar-refractivity contribution in [2.45, 2.75) is 105 Å². The van der Waals surface area contributed by atoms with E-state index in [1.807, 2.05) is 139 Å². The van der Waals surface area contributed by atoms with Crippen LogP contribution in [0.15, 0.2) is 103 Å². The fourth-order valence-electron chi connectivity index (χ4n) is 7.85. The number of amides is 5. The number of ether oxygens (including phenoxy) is 1. The molecule has 4 aromatic rings. The molecule has 1 fully saturated rings. The summed E-state index contributed by atoms with van der Waals surface area (Å²) in [4.78, 5) is 62.9. The molecule has 1 aliphatic heterocycles. The lowest BCUT2D eigenvalue weighted by atomic mass is 9.84.